The monoisotopic (exact) mass is 352 g/mol. The minimum Gasteiger partial charge on any atom is -0.376 e. The van der Waals surface area contributed by atoms with Crippen molar-refractivity contribution in [2.45, 2.75) is 24.5 Å². The molecule has 12 heteroatoms. The zero-order chi connectivity index (χ0) is 17.2. The van der Waals surface area contributed by atoms with Crippen LogP contribution in [0, 0.1) is 0 Å². The maximum absolute atomic E-state index is 11.9. The Morgan fingerprint density at radius 1 is 1.30 bits per heavy atom. The number of methoxy groups -OCH3 is 2. The molecular weight excluding hydrogens is 335 g/mol. The maximum Gasteiger partial charge on any atom is 0.469 e. The van der Waals surface area contributed by atoms with Crippen LogP contribution in [-0.4, -0.2) is 58.5 Å². The van der Waals surface area contributed by atoms with Crippen LogP contribution in [0.4, 0.5) is 0 Å². The van der Waals surface area contributed by atoms with E-state index in [-0.39, 0.29) is 0 Å². The molecule has 1 fully saturated rings. The largest absolute Gasteiger partial charge is 0.469 e. The van der Waals surface area contributed by atoms with Crippen molar-refractivity contribution in [1.29, 1.82) is 0 Å². The van der Waals surface area contributed by atoms with Crippen LogP contribution in [0.5, 0.6) is 0 Å². The fourth-order valence-corrected chi connectivity index (χ4v) is 2.74. The van der Waals surface area contributed by atoms with Crippen molar-refractivity contribution in [3.8, 4) is 0 Å². The molecule has 1 aromatic rings. The first-order valence-electron chi connectivity index (χ1n) is 6.49. The van der Waals surface area contributed by atoms with Crippen molar-refractivity contribution >= 4 is 7.82 Å². The number of hydrogen-bond donors (Lipinski definition) is 3. The molecule has 2 rings (SSSR count). The van der Waals surface area contributed by atoms with E-state index in [2.05, 4.69) is 9.51 Å². The average Bonchev–Trinajstić information content (AvgIpc) is 2.81. The number of aromatic amines is 1. The quantitative estimate of drug-likeness (QED) is 0.524. The summed E-state index contributed by atoms with van der Waals surface area (Å²) in [4.78, 5) is 42.7. The van der Waals surface area contributed by atoms with Gasteiger partial charge >= 0.3 is 13.5 Å². The van der Waals surface area contributed by atoms with Gasteiger partial charge in [-0.2, -0.15) is 0 Å². The topological polar surface area (TPSA) is 149 Å². The van der Waals surface area contributed by atoms with Gasteiger partial charge in [0.05, 0.1) is 6.61 Å². The van der Waals surface area contributed by atoms with Gasteiger partial charge in [0.15, 0.2) is 6.23 Å². The predicted molar refractivity (Wildman–Crippen MR) is 74.8 cm³/mol. The smallest absolute Gasteiger partial charge is 0.376 e. The minimum atomic E-state index is -4.68. The van der Waals surface area contributed by atoms with E-state index >= 15 is 0 Å². The van der Waals surface area contributed by atoms with Crippen molar-refractivity contribution in [2.24, 2.45) is 0 Å². The van der Waals surface area contributed by atoms with E-state index in [0.717, 1.165) is 10.6 Å². The van der Waals surface area contributed by atoms with Gasteiger partial charge in [-0.1, -0.05) is 0 Å². The molecule has 0 aromatic carbocycles. The molecular formula is C11H17N2O9P. The predicted octanol–water partition coefficient (Wildman–Crippen LogP) is -1.43. The standard InChI is InChI=1S/C11H17N2O9P/c1-19-8-6(5-21-23(16,17)18)22-10(9(8)20-2)13-4-3-7(14)12-11(13)15/h3-4,6,8-10H,5H2,1-2H3,(H,12,14,15)(H2,16,17,18)/t6-,8+,9+,10-/m1/s1. The number of phosphoric ester groups is 1. The highest BCUT2D eigenvalue weighted by atomic mass is 31.2. The lowest BCUT2D eigenvalue weighted by atomic mass is 10.1. The molecule has 1 aromatic heterocycles. The van der Waals surface area contributed by atoms with Gasteiger partial charge in [-0.05, 0) is 0 Å². The summed E-state index contributed by atoms with van der Waals surface area (Å²) >= 11 is 0. The number of hydrogen-bond acceptors (Lipinski definition) is 7. The van der Waals surface area contributed by atoms with Gasteiger partial charge in [0.1, 0.15) is 18.3 Å². The second-order valence-electron chi connectivity index (χ2n) is 4.77. The van der Waals surface area contributed by atoms with Crippen LogP contribution in [0.3, 0.4) is 0 Å². The van der Waals surface area contributed by atoms with Crippen molar-refractivity contribution in [3.05, 3.63) is 33.1 Å². The fourth-order valence-electron chi connectivity index (χ4n) is 2.40. The second kappa shape index (κ2) is 7.05. The maximum atomic E-state index is 11.9. The third kappa shape index (κ3) is 4.15. The summed E-state index contributed by atoms with van der Waals surface area (Å²) in [6.45, 7) is -0.461. The van der Waals surface area contributed by atoms with E-state index in [1.165, 1.54) is 20.4 Å². The number of ether oxygens (including phenoxy) is 3. The van der Waals surface area contributed by atoms with E-state index in [1.807, 2.05) is 0 Å². The molecule has 0 spiro atoms. The van der Waals surface area contributed by atoms with Gasteiger partial charge < -0.3 is 24.0 Å². The molecule has 0 bridgehead atoms. The number of nitrogens with zero attached hydrogens (tertiary/aromatic N) is 1. The summed E-state index contributed by atoms with van der Waals surface area (Å²) in [5.41, 5.74) is -1.28. The molecule has 1 aliphatic rings. The normalized spacial score (nSPS) is 28.2. The molecule has 1 saturated heterocycles. The van der Waals surface area contributed by atoms with Crippen LogP contribution < -0.4 is 11.2 Å². The molecule has 3 N–H and O–H groups in total. The first-order valence-corrected chi connectivity index (χ1v) is 8.02. The summed E-state index contributed by atoms with van der Waals surface area (Å²) in [5, 5.41) is 0. The van der Waals surface area contributed by atoms with Crippen LogP contribution in [0.15, 0.2) is 21.9 Å². The van der Waals surface area contributed by atoms with Crippen LogP contribution >= 0.6 is 7.82 Å². The highest BCUT2D eigenvalue weighted by molar-refractivity contribution is 7.46. The van der Waals surface area contributed by atoms with Crippen LogP contribution in [0.1, 0.15) is 6.23 Å². The van der Waals surface area contributed by atoms with E-state index in [4.69, 9.17) is 24.0 Å². The highest BCUT2D eigenvalue weighted by Gasteiger charge is 2.47. The number of phosphoric acid groups is 1. The van der Waals surface area contributed by atoms with Crippen LogP contribution in [0.25, 0.3) is 0 Å². The summed E-state index contributed by atoms with van der Waals surface area (Å²) in [5.74, 6) is 0. The van der Waals surface area contributed by atoms with Gasteiger partial charge in [-0.3, -0.25) is 18.9 Å². The zero-order valence-electron chi connectivity index (χ0n) is 12.3. The molecule has 0 saturated carbocycles. The summed E-state index contributed by atoms with van der Waals surface area (Å²) < 4.78 is 32.5. The number of rotatable bonds is 6. The zero-order valence-corrected chi connectivity index (χ0v) is 13.2. The van der Waals surface area contributed by atoms with Crippen LogP contribution in [0.2, 0.25) is 0 Å². The Balaban J connectivity index is 2.28. The summed E-state index contributed by atoms with van der Waals surface area (Å²) in [7, 11) is -1.95. The van der Waals surface area contributed by atoms with Crippen molar-refractivity contribution in [3.63, 3.8) is 0 Å². The number of nitrogens with one attached hydrogen (secondary N) is 1. The molecule has 4 atom stereocenters. The first-order chi connectivity index (χ1) is 10.8. The van der Waals surface area contributed by atoms with E-state index in [9.17, 15) is 14.2 Å². The Hall–Kier alpha value is -1.33. The van der Waals surface area contributed by atoms with Gasteiger partial charge in [0.2, 0.25) is 0 Å². The van der Waals surface area contributed by atoms with Crippen molar-refractivity contribution < 1.29 is 33.1 Å². The average molecular weight is 352 g/mol. The molecule has 0 amide bonds. The molecule has 1 aliphatic heterocycles. The third-order valence-corrected chi connectivity index (χ3v) is 3.85. The van der Waals surface area contributed by atoms with Gasteiger partial charge in [0, 0.05) is 26.5 Å². The number of H-pyrrole nitrogens is 1. The molecule has 0 aliphatic carbocycles. The lowest BCUT2D eigenvalue weighted by molar-refractivity contribution is -0.0620. The Labute approximate surface area is 130 Å². The Bertz CT molecular complexity index is 695. The Kier molecular flexibility index (Phi) is 5.53. The highest BCUT2D eigenvalue weighted by Crippen LogP contribution is 2.39. The van der Waals surface area contributed by atoms with Crippen LogP contribution in [-0.2, 0) is 23.3 Å². The third-order valence-electron chi connectivity index (χ3n) is 3.36. The Morgan fingerprint density at radius 3 is 2.48 bits per heavy atom. The SMILES string of the molecule is CO[C@@H]1[C@H](OC)[C@H](n2ccc(=O)[nH]c2=O)O[C@@H]1COP(=O)(O)O. The number of aromatic nitrogens is 2. The van der Waals surface area contributed by atoms with Crippen molar-refractivity contribution in [2.75, 3.05) is 20.8 Å². The van der Waals surface area contributed by atoms with E-state index in [1.54, 1.807) is 0 Å². The molecule has 11 nitrogen and oxygen atoms in total. The van der Waals surface area contributed by atoms with E-state index in [0.29, 0.717) is 0 Å². The van der Waals surface area contributed by atoms with Crippen molar-refractivity contribution in [1.82, 2.24) is 9.55 Å². The summed E-state index contributed by atoms with van der Waals surface area (Å²) in [6, 6.07) is 1.14. The molecule has 23 heavy (non-hydrogen) atoms. The lowest BCUT2D eigenvalue weighted by Crippen LogP contribution is -2.39. The lowest BCUT2D eigenvalue weighted by Gasteiger charge is -2.22. The summed E-state index contributed by atoms with van der Waals surface area (Å²) in [6.07, 6.45) is -2.11. The molecule has 0 radical (unpaired) electrons. The van der Waals surface area contributed by atoms with Gasteiger partial charge in [0.25, 0.3) is 5.56 Å². The molecule has 130 valence electrons. The fraction of sp³-hybridized carbons (Fsp3) is 0.636. The first kappa shape index (κ1) is 18.0. The van der Waals surface area contributed by atoms with E-state index < -0.39 is 50.2 Å². The minimum absolute atomic E-state index is 0.461. The molecule has 2 heterocycles. The van der Waals surface area contributed by atoms with Gasteiger partial charge in [-0.15, -0.1) is 0 Å². The Morgan fingerprint density at radius 2 is 1.96 bits per heavy atom. The second-order valence-corrected chi connectivity index (χ2v) is 6.01. The van der Waals surface area contributed by atoms with Gasteiger partial charge in [-0.25, -0.2) is 9.36 Å². The molecule has 0 unspecified atom stereocenters.